The van der Waals surface area contributed by atoms with Gasteiger partial charge in [0.25, 0.3) is 0 Å². The molecule has 0 radical (unpaired) electrons. The number of methoxy groups -OCH3 is 1. The molecule has 1 amide bonds. The molecule has 19 heavy (non-hydrogen) atoms. The SMILES string of the molecule is COC(=O)C1(C)CCN(C(=O)OC(C)(C)C)CC1=O. The van der Waals surface area contributed by atoms with Crippen molar-refractivity contribution in [3.8, 4) is 0 Å². The molecule has 1 aliphatic heterocycles. The van der Waals surface area contributed by atoms with Crippen molar-refractivity contribution in [3.05, 3.63) is 0 Å². The summed E-state index contributed by atoms with van der Waals surface area (Å²) in [4.78, 5) is 36.8. The average molecular weight is 271 g/mol. The van der Waals surface area contributed by atoms with E-state index in [0.717, 1.165) is 0 Å². The Morgan fingerprint density at radius 1 is 1.32 bits per heavy atom. The molecule has 0 saturated carbocycles. The predicted octanol–water partition coefficient (Wildman–Crippen LogP) is 1.38. The Balaban J connectivity index is 2.72. The average Bonchev–Trinajstić information content (AvgIpc) is 2.29. The Labute approximate surface area is 113 Å². The second-order valence-corrected chi connectivity index (χ2v) is 5.90. The summed E-state index contributed by atoms with van der Waals surface area (Å²) in [7, 11) is 1.25. The summed E-state index contributed by atoms with van der Waals surface area (Å²) >= 11 is 0. The quantitative estimate of drug-likeness (QED) is 0.532. The Bertz CT molecular complexity index is 398. The van der Waals surface area contributed by atoms with Crippen molar-refractivity contribution >= 4 is 17.8 Å². The van der Waals surface area contributed by atoms with E-state index in [2.05, 4.69) is 4.74 Å². The topological polar surface area (TPSA) is 72.9 Å². The van der Waals surface area contributed by atoms with Gasteiger partial charge >= 0.3 is 12.1 Å². The zero-order valence-electron chi connectivity index (χ0n) is 12.1. The smallest absolute Gasteiger partial charge is 0.410 e. The number of hydrogen-bond acceptors (Lipinski definition) is 5. The Morgan fingerprint density at radius 3 is 2.32 bits per heavy atom. The number of amides is 1. The van der Waals surface area contributed by atoms with Gasteiger partial charge in [-0.25, -0.2) is 4.79 Å². The summed E-state index contributed by atoms with van der Waals surface area (Å²) in [5, 5.41) is 0. The number of nitrogens with zero attached hydrogens (tertiary/aromatic N) is 1. The van der Waals surface area contributed by atoms with Gasteiger partial charge in [0, 0.05) is 6.54 Å². The van der Waals surface area contributed by atoms with Crippen molar-refractivity contribution < 1.29 is 23.9 Å². The minimum Gasteiger partial charge on any atom is -0.468 e. The second-order valence-electron chi connectivity index (χ2n) is 5.90. The molecule has 0 aliphatic carbocycles. The van der Waals surface area contributed by atoms with Crippen LogP contribution < -0.4 is 0 Å². The number of Topliss-reactive ketones (excluding diaryl/α,β-unsaturated/α-hetero) is 1. The lowest BCUT2D eigenvalue weighted by Crippen LogP contribution is -2.53. The van der Waals surface area contributed by atoms with E-state index in [1.807, 2.05) is 0 Å². The van der Waals surface area contributed by atoms with Crippen LogP contribution in [0.2, 0.25) is 0 Å². The molecule has 6 heteroatoms. The third kappa shape index (κ3) is 3.45. The first-order chi connectivity index (χ1) is 8.60. The van der Waals surface area contributed by atoms with Crippen LogP contribution >= 0.6 is 0 Å². The minimum absolute atomic E-state index is 0.124. The number of rotatable bonds is 1. The Morgan fingerprint density at radius 2 is 1.89 bits per heavy atom. The number of carbonyl (C=O) groups excluding carboxylic acids is 3. The van der Waals surface area contributed by atoms with Gasteiger partial charge in [-0.3, -0.25) is 9.59 Å². The summed E-state index contributed by atoms with van der Waals surface area (Å²) in [5.74, 6) is -0.877. The molecule has 1 heterocycles. The van der Waals surface area contributed by atoms with E-state index in [0.29, 0.717) is 6.54 Å². The lowest BCUT2D eigenvalue weighted by Gasteiger charge is -2.36. The highest BCUT2D eigenvalue weighted by Gasteiger charge is 2.46. The van der Waals surface area contributed by atoms with E-state index < -0.39 is 23.1 Å². The van der Waals surface area contributed by atoms with Crippen LogP contribution in [0.1, 0.15) is 34.1 Å². The molecular formula is C13H21NO5. The first-order valence-corrected chi connectivity index (χ1v) is 6.20. The molecule has 0 spiro atoms. The number of ether oxygens (including phenoxy) is 2. The first-order valence-electron chi connectivity index (χ1n) is 6.20. The van der Waals surface area contributed by atoms with Gasteiger partial charge in [0.15, 0.2) is 5.78 Å². The van der Waals surface area contributed by atoms with Gasteiger partial charge in [-0.15, -0.1) is 0 Å². The standard InChI is InChI=1S/C13H21NO5/c1-12(2,3)19-11(17)14-7-6-13(4,9(15)8-14)10(16)18-5/h6-8H2,1-5H3. The van der Waals surface area contributed by atoms with Crippen LogP contribution in [0.5, 0.6) is 0 Å². The molecule has 0 bridgehead atoms. The first kappa shape index (κ1) is 15.5. The predicted molar refractivity (Wildman–Crippen MR) is 67.6 cm³/mol. The summed E-state index contributed by atoms with van der Waals surface area (Å²) < 4.78 is 9.84. The van der Waals surface area contributed by atoms with Crippen molar-refractivity contribution in [3.63, 3.8) is 0 Å². The second kappa shape index (κ2) is 5.19. The molecule has 0 aromatic carbocycles. The van der Waals surface area contributed by atoms with E-state index >= 15 is 0 Å². The fraction of sp³-hybridized carbons (Fsp3) is 0.769. The van der Waals surface area contributed by atoms with Crippen molar-refractivity contribution in [1.29, 1.82) is 0 Å². The summed E-state index contributed by atoms with van der Waals surface area (Å²) in [6, 6.07) is 0. The van der Waals surface area contributed by atoms with E-state index in [1.165, 1.54) is 12.0 Å². The minimum atomic E-state index is -1.16. The van der Waals surface area contributed by atoms with Crippen LogP contribution in [0.4, 0.5) is 4.79 Å². The number of likely N-dealkylation sites (tertiary alicyclic amines) is 1. The largest absolute Gasteiger partial charge is 0.468 e. The van der Waals surface area contributed by atoms with Crippen molar-refractivity contribution in [2.75, 3.05) is 20.2 Å². The number of esters is 1. The zero-order chi connectivity index (χ0) is 14.8. The van der Waals surface area contributed by atoms with Gasteiger partial charge in [0.2, 0.25) is 0 Å². The maximum atomic E-state index is 12.0. The maximum Gasteiger partial charge on any atom is 0.410 e. The summed E-state index contributed by atoms with van der Waals surface area (Å²) in [5.41, 5.74) is -1.77. The lowest BCUT2D eigenvalue weighted by molar-refractivity contribution is -0.160. The highest BCUT2D eigenvalue weighted by atomic mass is 16.6. The summed E-state index contributed by atoms with van der Waals surface area (Å²) in [6.45, 7) is 7.00. The monoisotopic (exact) mass is 271 g/mol. The molecule has 1 atom stereocenters. The van der Waals surface area contributed by atoms with Crippen molar-refractivity contribution in [2.45, 2.75) is 39.7 Å². The van der Waals surface area contributed by atoms with Crippen molar-refractivity contribution in [1.82, 2.24) is 4.90 Å². The molecule has 0 aromatic heterocycles. The van der Waals surface area contributed by atoms with Crippen LogP contribution in [0.15, 0.2) is 0 Å². The summed E-state index contributed by atoms with van der Waals surface area (Å²) in [6.07, 6.45) is -0.287. The fourth-order valence-electron chi connectivity index (χ4n) is 1.85. The highest BCUT2D eigenvalue weighted by molar-refractivity contribution is 6.05. The normalized spacial score (nSPS) is 24.1. The van der Waals surface area contributed by atoms with E-state index in [4.69, 9.17) is 4.74 Å². The van der Waals surface area contributed by atoms with Gasteiger partial charge in [-0.2, -0.15) is 0 Å². The van der Waals surface area contributed by atoms with Crippen LogP contribution in [0.3, 0.4) is 0 Å². The molecule has 0 aromatic rings. The molecule has 0 N–H and O–H groups in total. The number of ketones is 1. The van der Waals surface area contributed by atoms with Crippen LogP contribution in [-0.4, -0.2) is 48.5 Å². The van der Waals surface area contributed by atoms with E-state index in [9.17, 15) is 14.4 Å². The third-order valence-corrected chi connectivity index (χ3v) is 3.12. The van der Waals surface area contributed by atoms with Crippen molar-refractivity contribution in [2.24, 2.45) is 5.41 Å². The van der Waals surface area contributed by atoms with Crippen LogP contribution in [0.25, 0.3) is 0 Å². The maximum absolute atomic E-state index is 12.0. The molecule has 1 unspecified atom stereocenters. The molecule has 1 fully saturated rings. The fourth-order valence-corrected chi connectivity index (χ4v) is 1.85. The van der Waals surface area contributed by atoms with E-state index in [-0.39, 0.29) is 18.7 Å². The molecule has 1 aliphatic rings. The lowest BCUT2D eigenvalue weighted by atomic mass is 9.79. The highest BCUT2D eigenvalue weighted by Crippen LogP contribution is 2.29. The third-order valence-electron chi connectivity index (χ3n) is 3.12. The van der Waals surface area contributed by atoms with Gasteiger partial charge in [0.05, 0.1) is 13.7 Å². The van der Waals surface area contributed by atoms with Crippen LogP contribution in [-0.2, 0) is 19.1 Å². The van der Waals surface area contributed by atoms with Gasteiger partial charge < -0.3 is 14.4 Å². The Hall–Kier alpha value is -1.59. The number of carbonyl (C=O) groups is 3. The molecule has 108 valence electrons. The number of hydrogen-bond donors (Lipinski definition) is 0. The number of piperidine rings is 1. The molecule has 6 nitrogen and oxygen atoms in total. The molecular weight excluding hydrogens is 250 g/mol. The Kier molecular flexibility index (Phi) is 4.22. The van der Waals surface area contributed by atoms with Crippen LogP contribution in [0, 0.1) is 5.41 Å². The van der Waals surface area contributed by atoms with Gasteiger partial charge in [-0.05, 0) is 34.1 Å². The molecule has 1 rings (SSSR count). The van der Waals surface area contributed by atoms with E-state index in [1.54, 1.807) is 27.7 Å². The zero-order valence-corrected chi connectivity index (χ0v) is 12.1. The van der Waals surface area contributed by atoms with Gasteiger partial charge in [0.1, 0.15) is 11.0 Å². The molecule has 1 saturated heterocycles. The van der Waals surface area contributed by atoms with Gasteiger partial charge in [-0.1, -0.05) is 0 Å².